The Morgan fingerprint density at radius 1 is 0.821 bits per heavy atom. The molecular weight excluding hydrogens is 358 g/mol. The molecule has 0 fully saturated rings. The fraction of sp³-hybridized carbons (Fsp3) is 0.0476. The molecule has 4 aromatic rings. The first-order valence-electron chi connectivity index (χ1n) is 8.60. The van der Waals surface area contributed by atoms with Crippen molar-refractivity contribution < 1.29 is 19.8 Å². The van der Waals surface area contributed by atoms with Crippen LogP contribution in [0.4, 0.5) is 0 Å². The number of para-hydroxylation sites is 1. The maximum absolute atomic E-state index is 12.9. The molecule has 0 spiro atoms. The van der Waals surface area contributed by atoms with E-state index in [1.54, 1.807) is 10.7 Å². The molecule has 3 aromatic carbocycles. The largest absolute Gasteiger partial charge is 0.507 e. The molecule has 0 saturated carbocycles. The third-order valence-electron chi connectivity index (χ3n) is 4.92. The molecular formula is C21H13N3O4. The fourth-order valence-electron chi connectivity index (χ4n) is 3.64. The number of carbonyl (C=O) groups excluding carboxylic acids is 2. The zero-order valence-corrected chi connectivity index (χ0v) is 14.5. The Hall–Kier alpha value is -4.00. The molecule has 7 nitrogen and oxygen atoms in total. The Labute approximate surface area is 158 Å². The van der Waals surface area contributed by atoms with E-state index in [0.717, 1.165) is 11.0 Å². The molecule has 0 unspecified atom stereocenters. The molecule has 1 aliphatic rings. The van der Waals surface area contributed by atoms with E-state index in [0.29, 0.717) is 5.56 Å². The van der Waals surface area contributed by atoms with Crippen molar-refractivity contribution in [3.05, 3.63) is 82.4 Å². The van der Waals surface area contributed by atoms with Crippen molar-refractivity contribution in [2.45, 2.75) is 6.54 Å². The second-order valence-electron chi connectivity index (χ2n) is 6.63. The molecule has 0 saturated heterocycles. The minimum absolute atomic E-state index is 0.0784. The summed E-state index contributed by atoms with van der Waals surface area (Å²) in [4.78, 5) is 25.7. The van der Waals surface area contributed by atoms with Gasteiger partial charge >= 0.3 is 0 Å². The maximum Gasteiger partial charge on any atom is 0.201 e. The summed E-state index contributed by atoms with van der Waals surface area (Å²) in [7, 11) is 0. The number of rotatable bonds is 2. The van der Waals surface area contributed by atoms with E-state index in [-0.39, 0.29) is 40.3 Å². The van der Waals surface area contributed by atoms with Crippen molar-refractivity contribution in [3.63, 3.8) is 0 Å². The van der Waals surface area contributed by atoms with Gasteiger partial charge in [-0.1, -0.05) is 29.5 Å². The van der Waals surface area contributed by atoms with E-state index in [9.17, 15) is 19.8 Å². The molecule has 0 atom stereocenters. The number of hydrogen-bond acceptors (Lipinski definition) is 6. The normalized spacial score (nSPS) is 12.9. The quantitative estimate of drug-likeness (QED) is 0.494. The van der Waals surface area contributed by atoms with Crippen LogP contribution in [0.5, 0.6) is 11.5 Å². The summed E-state index contributed by atoms with van der Waals surface area (Å²) in [6, 6.07) is 14.8. The highest BCUT2D eigenvalue weighted by Crippen LogP contribution is 2.37. The standard InChI is InChI=1S/C21H13N3O4/c25-16-7-3-4-12-18(16)21(28)19-13(20(12)27)8-11(9-17(19)26)10-24-15-6-2-1-5-14(15)22-23-24/h1-9,25-26H,10H2. The number of benzene rings is 3. The van der Waals surface area contributed by atoms with Crippen molar-refractivity contribution in [2.75, 3.05) is 0 Å². The summed E-state index contributed by atoms with van der Waals surface area (Å²) < 4.78 is 1.66. The minimum atomic E-state index is -0.571. The second kappa shape index (κ2) is 5.75. The molecule has 1 aromatic heterocycles. The molecule has 0 amide bonds. The summed E-state index contributed by atoms with van der Waals surface area (Å²) in [5, 5.41) is 28.7. The number of nitrogens with zero attached hydrogens (tertiary/aromatic N) is 3. The lowest BCUT2D eigenvalue weighted by molar-refractivity contribution is 0.0974. The van der Waals surface area contributed by atoms with Crippen LogP contribution in [0.2, 0.25) is 0 Å². The maximum atomic E-state index is 12.9. The molecule has 136 valence electrons. The van der Waals surface area contributed by atoms with Crippen molar-refractivity contribution in [3.8, 4) is 11.5 Å². The lowest BCUT2D eigenvalue weighted by Gasteiger charge is -2.20. The highest BCUT2D eigenvalue weighted by atomic mass is 16.3. The number of aromatic hydroxyl groups is 2. The lowest BCUT2D eigenvalue weighted by Crippen LogP contribution is -2.21. The highest BCUT2D eigenvalue weighted by Gasteiger charge is 2.34. The molecule has 28 heavy (non-hydrogen) atoms. The topological polar surface area (TPSA) is 105 Å². The molecule has 1 aliphatic carbocycles. The van der Waals surface area contributed by atoms with Crippen LogP contribution in [0.3, 0.4) is 0 Å². The Morgan fingerprint density at radius 2 is 1.61 bits per heavy atom. The van der Waals surface area contributed by atoms with Gasteiger partial charge in [0.25, 0.3) is 0 Å². The fourth-order valence-corrected chi connectivity index (χ4v) is 3.64. The number of carbonyl (C=O) groups is 2. The van der Waals surface area contributed by atoms with Crippen LogP contribution in [-0.4, -0.2) is 36.8 Å². The zero-order chi connectivity index (χ0) is 19.4. The van der Waals surface area contributed by atoms with Crippen molar-refractivity contribution in [1.29, 1.82) is 0 Å². The predicted octanol–water partition coefficient (Wildman–Crippen LogP) is 2.67. The molecule has 7 heteroatoms. The predicted molar refractivity (Wildman–Crippen MR) is 99.7 cm³/mol. The Bertz CT molecular complexity index is 1310. The Kier molecular flexibility index (Phi) is 3.33. The number of aromatic nitrogens is 3. The number of hydrogen-bond donors (Lipinski definition) is 2. The van der Waals surface area contributed by atoms with Crippen LogP contribution in [0, 0.1) is 0 Å². The van der Waals surface area contributed by atoms with Gasteiger partial charge in [0.15, 0.2) is 5.78 Å². The monoisotopic (exact) mass is 371 g/mol. The van der Waals surface area contributed by atoms with E-state index in [1.165, 1.54) is 24.3 Å². The van der Waals surface area contributed by atoms with E-state index >= 15 is 0 Å². The smallest absolute Gasteiger partial charge is 0.201 e. The first-order chi connectivity index (χ1) is 13.5. The van der Waals surface area contributed by atoms with Crippen LogP contribution < -0.4 is 0 Å². The third-order valence-corrected chi connectivity index (χ3v) is 4.92. The van der Waals surface area contributed by atoms with E-state index in [4.69, 9.17) is 0 Å². The first kappa shape index (κ1) is 16.2. The van der Waals surface area contributed by atoms with Crippen LogP contribution in [0.15, 0.2) is 54.6 Å². The SMILES string of the molecule is O=C1c2cccc(O)c2C(=O)c2c(O)cc(Cn3nnc4ccccc43)cc21. The van der Waals surface area contributed by atoms with Gasteiger partial charge in [0.05, 0.1) is 23.2 Å². The van der Waals surface area contributed by atoms with Gasteiger partial charge in [-0.15, -0.1) is 5.10 Å². The Balaban J connectivity index is 1.63. The van der Waals surface area contributed by atoms with Crippen molar-refractivity contribution >= 4 is 22.6 Å². The molecule has 0 aliphatic heterocycles. The van der Waals surface area contributed by atoms with Gasteiger partial charge in [-0.3, -0.25) is 9.59 Å². The van der Waals surface area contributed by atoms with Gasteiger partial charge in [-0.2, -0.15) is 0 Å². The number of ketones is 2. The van der Waals surface area contributed by atoms with Gasteiger partial charge in [0.2, 0.25) is 5.78 Å². The number of phenols is 2. The van der Waals surface area contributed by atoms with Gasteiger partial charge in [0.1, 0.15) is 17.0 Å². The third kappa shape index (κ3) is 2.23. The number of phenolic OH excluding ortho intramolecular Hbond substituents is 2. The van der Waals surface area contributed by atoms with Gasteiger partial charge in [-0.25, -0.2) is 4.68 Å². The summed E-state index contributed by atoms with van der Waals surface area (Å²) in [5.74, 6) is -1.57. The lowest BCUT2D eigenvalue weighted by atomic mass is 9.82. The minimum Gasteiger partial charge on any atom is -0.507 e. The second-order valence-corrected chi connectivity index (χ2v) is 6.63. The van der Waals surface area contributed by atoms with E-state index in [2.05, 4.69) is 10.3 Å². The molecule has 0 bridgehead atoms. The summed E-state index contributed by atoms with van der Waals surface area (Å²) in [5.41, 5.74) is 2.23. The molecule has 0 radical (unpaired) electrons. The van der Waals surface area contributed by atoms with Gasteiger partial charge in [-0.05, 0) is 35.9 Å². The summed E-state index contributed by atoms with van der Waals surface area (Å²) in [6.45, 7) is 0.274. The first-order valence-corrected chi connectivity index (χ1v) is 8.60. The molecule has 5 rings (SSSR count). The summed E-state index contributed by atoms with van der Waals surface area (Å²) in [6.07, 6.45) is 0. The molecule has 2 N–H and O–H groups in total. The average Bonchev–Trinajstić information content (AvgIpc) is 3.08. The van der Waals surface area contributed by atoms with Crippen molar-refractivity contribution in [1.82, 2.24) is 15.0 Å². The number of fused-ring (bicyclic) bond motifs is 3. The molecule has 1 heterocycles. The van der Waals surface area contributed by atoms with Gasteiger partial charge in [0, 0.05) is 11.1 Å². The van der Waals surface area contributed by atoms with Crippen LogP contribution in [0.1, 0.15) is 37.4 Å². The zero-order valence-electron chi connectivity index (χ0n) is 14.5. The van der Waals surface area contributed by atoms with Crippen molar-refractivity contribution in [2.24, 2.45) is 0 Å². The summed E-state index contributed by atoms with van der Waals surface area (Å²) >= 11 is 0. The van der Waals surface area contributed by atoms with E-state index in [1.807, 2.05) is 24.3 Å². The Morgan fingerprint density at radius 3 is 2.46 bits per heavy atom. The van der Waals surface area contributed by atoms with E-state index < -0.39 is 11.6 Å². The highest BCUT2D eigenvalue weighted by molar-refractivity contribution is 6.30. The van der Waals surface area contributed by atoms with Crippen LogP contribution >= 0.6 is 0 Å². The van der Waals surface area contributed by atoms with Crippen LogP contribution in [0.25, 0.3) is 11.0 Å². The average molecular weight is 371 g/mol. The van der Waals surface area contributed by atoms with Crippen LogP contribution in [-0.2, 0) is 6.54 Å². The van der Waals surface area contributed by atoms with Gasteiger partial charge < -0.3 is 10.2 Å².